The summed E-state index contributed by atoms with van der Waals surface area (Å²) in [6.07, 6.45) is -0.00574. The molecule has 1 amide bonds. The first-order chi connectivity index (χ1) is 12.1. The molecule has 25 heavy (non-hydrogen) atoms. The summed E-state index contributed by atoms with van der Waals surface area (Å²) in [5.74, 6) is 0.797. The summed E-state index contributed by atoms with van der Waals surface area (Å²) in [7, 11) is 0. The lowest BCUT2D eigenvalue weighted by molar-refractivity contribution is -0.115. The van der Waals surface area contributed by atoms with Crippen molar-refractivity contribution in [3.63, 3.8) is 0 Å². The standard InChI is InChI=1S/C21H18FNO2/c1-15-5-4-7-19(13-15)25-18-11-9-17(10-12-18)23-21(24)14-16-6-2-3-8-20(16)22/h2-13H,14H2,1H3,(H,23,24). The lowest BCUT2D eigenvalue weighted by Crippen LogP contribution is -2.15. The zero-order valence-corrected chi connectivity index (χ0v) is 13.8. The summed E-state index contributed by atoms with van der Waals surface area (Å²) in [6, 6.07) is 21.1. The molecule has 0 spiro atoms. The number of hydrogen-bond donors (Lipinski definition) is 1. The Morgan fingerprint density at radius 1 is 0.960 bits per heavy atom. The number of benzene rings is 3. The third-order valence-electron chi connectivity index (χ3n) is 3.67. The number of amides is 1. The van der Waals surface area contributed by atoms with Crippen LogP contribution in [-0.4, -0.2) is 5.91 Å². The molecule has 126 valence electrons. The lowest BCUT2D eigenvalue weighted by atomic mass is 10.1. The molecule has 1 N–H and O–H groups in total. The molecular weight excluding hydrogens is 317 g/mol. The molecule has 0 fully saturated rings. The van der Waals surface area contributed by atoms with Crippen molar-refractivity contribution in [2.75, 3.05) is 5.32 Å². The maximum Gasteiger partial charge on any atom is 0.228 e. The van der Waals surface area contributed by atoms with Gasteiger partial charge in [-0.15, -0.1) is 0 Å². The van der Waals surface area contributed by atoms with E-state index in [9.17, 15) is 9.18 Å². The number of carbonyl (C=O) groups is 1. The average molecular weight is 335 g/mol. The largest absolute Gasteiger partial charge is 0.457 e. The van der Waals surface area contributed by atoms with Gasteiger partial charge in [0.05, 0.1) is 6.42 Å². The van der Waals surface area contributed by atoms with Gasteiger partial charge in [0, 0.05) is 5.69 Å². The molecule has 3 nitrogen and oxygen atoms in total. The molecule has 0 unspecified atom stereocenters. The lowest BCUT2D eigenvalue weighted by Gasteiger charge is -2.09. The smallest absolute Gasteiger partial charge is 0.228 e. The molecule has 0 aliphatic heterocycles. The molecule has 0 radical (unpaired) electrons. The Balaban J connectivity index is 1.60. The van der Waals surface area contributed by atoms with Gasteiger partial charge in [0.1, 0.15) is 17.3 Å². The van der Waals surface area contributed by atoms with E-state index in [1.807, 2.05) is 31.2 Å². The van der Waals surface area contributed by atoms with Gasteiger partial charge in [-0.3, -0.25) is 4.79 Å². The number of nitrogens with one attached hydrogen (secondary N) is 1. The predicted octanol–water partition coefficient (Wildman–Crippen LogP) is 5.11. The zero-order chi connectivity index (χ0) is 17.6. The van der Waals surface area contributed by atoms with Gasteiger partial charge in [-0.05, 0) is 60.5 Å². The Morgan fingerprint density at radius 3 is 2.44 bits per heavy atom. The highest BCUT2D eigenvalue weighted by Crippen LogP contribution is 2.23. The SMILES string of the molecule is Cc1cccc(Oc2ccc(NC(=O)Cc3ccccc3F)cc2)c1. The van der Waals surface area contributed by atoms with Crippen molar-refractivity contribution in [1.82, 2.24) is 0 Å². The molecule has 3 aromatic carbocycles. The fourth-order valence-corrected chi connectivity index (χ4v) is 2.44. The molecule has 0 saturated heterocycles. The van der Waals surface area contributed by atoms with Crippen molar-refractivity contribution in [3.8, 4) is 11.5 Å². The van der Waals surface area contributed by atoms with Crippen LogP contribution in [0, 0.1) is 12.7 Å². The van der Waals surface area contributed by atoms with Crippen LogP contribution in [-0.2, 0) is 11.2 Å². The third kappa shape index (κ3) is 4.67. The van der Waals surface area contributed by atoms with Crippen molar-refractivity contribution in [1.29, 1.82) is 0 Å². The van der Waals surface area contributed by atoms with Crippen molar-refractivity contribution < 1.29 is 13.9 Å². The maximum absolute atomic E-state index is 13.6. The number of halogens is 1. The normalized spacial score (nSPS) is 10.3. The first-order valence-corrected chi connectivity index (χ1v) is 7.98. The molecule has 0 heterocycles. The van der Waals surface area contributed by atoms with Crippen LogP contribution < -0.4 is 10.1 Å². The van der Waals surface area contributed by atoms with Crippen LogP contribution in [0.5, 0.6) is 11.5 Å². The van der Waals surface area contributed by atoms with Gasteiger partial charge in [0.15, 0.2) is 0 Å². The highest BCUT2D eigenvalue weighted by atomic mass is 19.1. The van der Waals surface area contributed by atoms with E-state index in [0.717, 1.165) is 11.3 Å². The van der Waals surface area contributed by atoms with Crippen LogP contribution in [0.4, 0.5) is 10.1 Å². The Hall–Kier alpha value is -3.14. The van der Waals surface area contributed by atoms with Gasteiger partial charge < -0.3 is 10.1 Å². The van der Waals surface area contributed by atoms with Crippen LogP contribution in [0.2, 0.25) is 0 Å². The Kier molecular flexibility index (Phi) is 5.09. The van der Waals surface area contributed by atoms with Crippen LogP contribution in [0.1, 0.15) is 11.1 Å². The first kappa shape index (κ1) is 16.7. The summed E-state index contributed by atoms with van der Waals surface area (Å²) >= 11 is 0. The Labute approximate surface area is 146 Å². The van der Waals surface area contributed by atoms with Gasteiger partial charge in [-0.25, -0.2) is 4.39 Å². The maximum atomic E-state index is 13.6. The van der Waals surface area contributed by atoms with Crippen LogP contribution in [0.3, 0.4) is 0 Å². The van der Waals surface area contributed by atoms with E-state index in [-0.39, 0.29) is 18.1 Å². The second kappa shape index (κ2) is 7.62. The Morgan fingerprint density at radius 2 is 1.72 bits per heavy atom. The molecule has 0 aliphatic carbocycles. The quantitative estimate of drug-likeness (QED) is 0.704. The average Bonchev–Trinajstić information content (AvgIpc) is 2.59. The van der Waals surface area contributed by atoms with Gasteiger partial charge in [0.25, 0.3) is 0 Å². The molecule has 3 rings (SSSR count). The molecule has 0 aromatic heterocycles. The van der Waals surface area contributed by atoms with Crippen molar-refractivity contribution in [2.45, 2.75) is 13.3 Å². The van der Waals surface area contributed by atoms with Crippen molar-refractivity contribution >= 4 is 11.6 Å². The summed E-state index contributed by atoms with van der Waals surface area (Å²) in [6.45, 7) is 2.00. The molecule has 0 aliphatic rings. The van der Waals surface area contributed by atoms with E-state index in [1.54, 1.807) is 42.5 Å². The fraction of sp³-hybridized carbons (Fsp3) is 0.0952. The molecule has 4 heteroatoms. The molecule has 0 bridgehead atoms. The highest BCUT2D eigenvalue weighted by Gasteiger charge is 2.08. The van der Waals surface area contributed by atoms with Crippen molar-refractivity contribution in [2.24, 2.45) is 0 Å². The number of rotatable bonds is 5. The van der Waals surface area contributed by atoms with E-state index in [0.29, 0.717) is 17.0 Å². The van der Waals surface area contributed by atoms with Crippen LogP contribution in [0.15, 0.2) is 72.8 Å². The second-order valence-corrected chi connectivity index (χ2v) is 5.76. The third-order valence-corrected chi connectivity index (χ3v) is 3.67. The van der Waals surface area contributed by atoms with Gasteiger partial charge in [-0.2, -0.15) is 0 Å². The number of anilines is 1. The minimum atomic E-state index is -0.375. The van der Waals surface area contributed by atoms with E-state index >= 15 is 0 Å². The summed E-state index contributed by atoms with van der Waals surface area (Å²) < 4.78 is 19.3. The molecular formula is C21H18FNO2. The number of aryl methyl sites for hydroxylation is 1. The number of carbonyl (C=O) groups excluding carboxylic acids is 1. The minimum absolute atomic E-state index is 0.00574. The van der Waals surface area contributed by atoms with E-state index in [4.69, 9.17) is 4.74 Å². The topological polar surface area (TPSA) is 38.3 Å². The van der Waals surface area contributed by atoms with Crippen molar-refractivity contribution in [3.05, 3.63) is 89.7 Å². The van der Waals surface area contributed by atoms with E-state index < -0.39 is 0 Å². The summed E-state index contributed by atoms with van der Waals surface area (Å²) in [5, 5.41) is 2.76. The summed E-state index contributed by atoms with van der Waals surface area (Å²) in [4.78, 5) is 12.0. The monoisotopic (exact) mass is 335 g/mol. The number of hydrogen-bond acceptors (Lipinski definition) is 2. The number of ether oxygens (including phenoxy) is 1. The zero-order valence-electron chi connectivity index (χ0n) is 13.8. The summed E-state index contributed by atoms with van der Waals surface area (Å²) in [5.41, 5.74) is 2.13. The van der Waals surface area contributed by atoms with Gasteiger partial charge in [-0.1, -0.05) is 30.3 Å². The van der Waals surface area contributed by atoms with Gasteiger partial charge >= 0.3 is 0 Å². The fourth-order valence-electron chi connectivity index (χ4n) is 2.44. The predicted molar refractivity (Wildman–Crippen MR) is 96.4 cm³/mol. The van der Waals surface area contributed by atoms with Crippen LogP contribution >= 0.6 is 0 Å². The molecule has 3 aromatic rings. The molecule has 0 atom stereocenters. The van der Waals surface area contributed by atoms with Gasteiger partial charge in [0.2, 0.25) is 5.91 Å². The highest BCUT2D eigenvalue weighted by molar-refractivity contribution is 5.92. The minimum Gasteiger partial charge on any atom is -0.457 e. The second-order valence-electron chi connectivity index (χ2n) is 5.76. The van der Waals surface area contributed by atoms with E-state index in [2.05, 4.69) is 5.32 Å². The first-order valence-electron chi connectivity index (χ1n) is 7.98. The molecule has 0 saturated carbocycles. The van der Waals surface area contributed by atoms with Crippen LogP contribution in [0.25, 0.3) is 0 Å². The Bertz CT molecular complexity index is 875. The van der Waals surface area contributed by atoms with E-state index in [1.165, 1.54) is 6.07 Å².